The Bertz CT molecular complexity index is 1080. The van der Waals surface area contributed by atoms with E-state index in [0.29, 0.717) is 23.4 Å². The number of carbonyl (C=O) groups excluding carboxylic acids is 2. The molecule has 3 aromatic rings. The predicted octanol–water partition coefficient (Wildman–Crippen LogP) is 3.54. The van der Waals surface area contributed by atoms with Crippen molar-refractivity contribution in [1.82, 2.24) is 9.97 Å². The maximum Gasteiger partial charge on any atom is 0.237 e. The van der Waals surface area contributed by atoms with E-state index in [1.54, 1.807) is 24.3 Å². The van der Waals surface area contributed by atoms with E-state index in [-0.39, 0.29) is 24.6 Å². The summed E-state index contributed by atoms with van der Waals surface area (Å²) in [4.78, 5) is 33.9. The largest absolute Gasteiger partial charge is 0.438 e. The topological polar surface area (TPSA) is 84.4 Å². The van der Waals surface area contributed by atoms with Crippen LogP contribution in [0, 0.1) is 17.6 Å². The van der Waals surface area contributed by atoms with E-state index >= 15 is 0 Å². The van der Waals surface area contributed by atoms with Crippen molar-refractivity contribution in [3.8, 4) is 11.6 Å². The Morgan fingerprint density at radius 2 is 1.93 bits per heavy atom. The number of benzene rings is 2. The lowest BCUT2D eigenvalue weighted by Gasteiger charge is -2.17. The van der Waals surface area contributed by atoms with Crippen molar-refractivity contribution < 1.29 is 23.1 Å². The fourth-order valence-corrected chi connectivity index (χ4v) is 3.13. The molecule has 0 radical (unpaired) electrons. The molecule has 1 N–H and O–H groups in total. The van der Waals surface area contributed by atoms with E-state index in [1.807, 2.05) is 0 Å². The average Bonchev–Trinajstić information content (AvgIpc) is 3.12. The highest BCUT2D eigenvalue weighted by atomic mass is 19.1. The third kappa shape index (κ3) is 4.24. The van der Waals surface area contributed by atoms with Crippen LogP contribution in [0.5, 0.6) is 11.6 Å². The van der Waals surface area contributed by atoms with Gasteiger partial charge in [-0.2, -0.15) is 0 Å². The summed E-state index contributed by atoms with van der Waals surface area (Å²) < 4.78 is 32.6. The van der Waals surface area contributed by atoms with E-state index in [0.717, 1.165) is 11.0 Å². The third-order valence-corrected chi connectivity index (χ3v) is 4.58. The number of hydrogen-bond acceptors (Lipinski definition) is 5. The molecule has 2 heterocycles. The molecule has 2 aromatic carbocycles. The number of nitrogens with one attached hydrogen (secondary N) is 1. The molecule has 0 saturated carbocycles. The third-order valence-electron chi connectivity index (χ3n) is 4.58. The van der Waals surface area contributed by atoms with Gasteiger partial charge >= 0.3 is 0 Å². The quantitative estimate of drug-likeness (QED) is 0.696. The van der Waals surface area contributed by atoms with Gasteiger partial charge in [0, 0.05) is 37.1 Å². The SMILES string of the molecule is O=C(Nc1ccc(Oc2cnccn2)cc1)C1CC(=O)N(c2ccc(F)cc2F)C1. The maximum absolute atomic E-state index is 14.0. The summed E-state index contributed by atoms with van der Waals surface area (Å²) in [5.41, 5.74) is 0.479. The molecular weight excluding hydrogens is 394 g/mol. The summed E-state index contributed by atoms with van der Waals surface area (Å²) >= 11 is 0. The zero-order valence-corrected chi connectivity index (χ0v) is 15.6. The summed E-state index contributed by atoms with van der Waals surface area (Å²) in [5.74, 6) is -2.14. The summed E-state index contributed by atoms with van der Waals surface area (Å²) in [6.45, 7) is 0.0150. The smallest absolute Gasteiger partial charge is 0.237 e. The Kier molecular flexibility index (Phi) is 5.34. The minimum Gasteiger partial charge on any atom is -0.438 e. The molecule has 1 aliphatic rings. The minimum absolute atomic E-state index is 0.0150. The lowest BCUT2D eigenvalue weighted by atomic mass is 10.1. The molecule has 1 aliphatic heterocycles. The van der Waals surface area contributed by atoms with Gasteiger partial charge in [-0.3, -0.25) is 14.6 Å². The molecule has 0 spiro atoms. The molecule has 2 amide bonds. The molecule has 1 saturated heterocycles. The first-order chi connectivity index (χ1) is 14.5. The summed E-state index contributed by atoms with van der Waals surface area (Å²) in [7, 11) is 0. The zero-order valence-electron chi connectivity index (χ0n) is 15.6. The second-order valence-corrected chi connectivity index (χ2v) is 6.66. The molecular formula is C21H16F2N4O3. The van der Waals surface area contributed by atoms with Crippen LogP contribution >= 0.6 is 0 Å². The molecule has 0 aliphatic carbocycles. The number of hydrogen-bond donors (Lipinski definition) is 1. The lowest BCUT2D eigenvalue weighted by molar-refractivity contribution is -0.122. The number of rotatable bonds is 5. The standard InChI is InChI=1S/C21H16F2N4O3/c22-14-1-6-18(17(23)10-14)27-12-13(9-20(27)28)21(29)26-15-2-4-16(5-3-15)30-19-11-24-7-8-25-19/h1-8,10-11,13H,9,12H2,(H,26,29). The lowest BCUT2D eigenvalue weighted by Crippen LogP contribution is -2.28. The van der Waals surface area contributed by atoms with Gasteiger partial charge in [-0.1, -0.05) is 0 Å². The van der Waals surface area contributed by atoms with Crippen LogP contribution < -0.4 is 15.0 Å². The monoisotopic (exact) mass is 410 g/mol. The number of carbonyl (C=O) groups is 2. The van der Waals surface area contributed by atoms with E-state index in [9.17, 15) is 18.4 Å². The Morgan fingerprint density at radius 1 is 1.13 bits per heavy atom. The Labute approximate surface area is 170 Å². The summed E-state index contributed by atoms with van der Waals surface area (Å²) in [6.07, 6.45) is 4.46. The molecule has 7 nitrogen and oxygen atoms in total. The van der Waals surface area contributed by atoms with Crippen LogP contribution in [0.1, 0.15) is 6.42 Å². The second-order valence-electron chi connectivity index (χ2n) is 6.66. The van der Waals surface area contributed by atoms with Gasteiger partial charge in [0.05, 0.1) is 17.8 Å². The molecule has 0 bridgehead atoms. The molecule has 9 heteroatoms. The fraction of sp³-hybridized carbons (Fsp3) is 0.143. The Hall–Kier alpha value is -3.88. The molecule has 30 heavy (non-hydrogen) atoms. The van der Waals surface area contributed by atoms with Gasteiger partial charge in [0.2, 0.25) is 17.7 Å². The molecule has 1 fully saturated rings. The van der Waals surface area contributed by atoms with Crippen LogP contribution in [0.2, 0.25) is 0 Å². The van der Waals surface area contributed by atoms with E-state index in [1.165, 1.54) is 24.7 Å². The van der Waals surface area contributed by atoms with Crippen LogP contribution in [0.4, 0.5) is 20.2 Å². The fourth-order valence-electron chi connectivity index (χ4n) is 3.13. The van der Waals surface area contributed by atoms with Crippen LogP contribution in [0.3, 0.4) is 0 Å². The zero-order chi connectivity index (χ0) is 21.1. The molecule has 4 rings (SSSR count). The van der Waals surface area contributed by atoms with Gasteiger partial charge in [-0.25, -0.2) is 13.8 Å². The maximum atomic E-state index is 14.0. The highest BCUT2D eigenvalue weighted by Crippen LogP contribution is 2.29. The highest BCUT2D eigenvalue weighted by Gasteiger charge is 2.36. The number of anilines is 2. The predicted molar refractivity (Wildman–Crippen MR) is 104 cm³/mol. The van der Waals surface area contributed by atoms with Crippen molar-refractivity contribution in [2.45, 2.75) is 6.42 Å². The van der Waals surface area contributed by atoms with Crippen molar-refractivity contribution in [2.24, 2.45) is 5.92 Å². The summed E-state index contributed by atoms with van der Waals surface area (Å²) in [5, 5.41) is 2.74. The second kappa shape index (κ2) is 8.24. The van der Waals surface area contributed by atoms with Gasteiger partial charge in [-0.05, 0) is 36.4 Å². The van der Waals surface area contributed by atoms with Crippen molar-refractivity contribution in [1.29, 1.82) is 0 Å². The van der Waals surface area contributed by atoms with E-state index in [4.69, 9.17) is 4.74 Å². The van der Waals surface area contributed by atoms with E-state index in [2.05, 4.69) is 15.3 Å². The van der Waals surface area contributed by atoms with Crippen LogP contribution in [-0.4, -0.2) is 28.3 Å². The Balaban J connectivity index is 1.39. The molecule has 152 valence electrons. The summed E-state index contributed by atoms with van der Waals surface area (Å²) in [6, 6.07) is 9.59. The van der Waals surface area contributed by atoms with E-state index < -0.39 is 23.5 Å². The first-order valence-electron chi connectivity index (χ1n) is 9.10. The normalized spacial score (nSPS) is 15.9. The number of amides is 2. The van der Waals surface area contributed by atoms with Crippen LogP contribution in [0.15, 0.2) is 61.1 Å². The number of nitrogens with zero attached hydrogens (tertiary/aromatic N) is 3. The van der Waals surface area contributed by atoms with Gasteiger partial charge in [-0.15, -0.1) is 0 Å². The van der Waals surface area contributed by atoms with Crippen LogP contribution in [0.25, 0.3) is 0 Å². The average molecular weight is 410 g/mol. The molecule has 1 aromatic heterocycles. The van der Waals surface area contributed by atoms with Gasteiger partial charge < -0.3 is 15.0 Å². The molecule has 1 unspecified atom stereocenters. The first-order valence-corrected chi connectivity index (χ1v) is 9.10. The van der Waals surface area contributed by atoms with Crippen molar-refractivity contribution >= 4 is 23.2 Å². The van der Waals surface area contributed by atoms with Crippen molar-refractivity contribution in [2.75, 3.05) is 16.8 Å². The van der Waals surface area contributed by atoms with Gasteiger partial charge in [0.25, 0.3) is 0 Å². The number of ether oxygens (including phenoxy) is 1. The first kappa shape index (κ1) is 19.4. The minimum atomic E-state index is -0.844. The van der Waals surface area contributed by atoms with Gasteiger partial charge in [0.1, 0.15) is 17.4 Å². The highest BCUT2D eigenvalue weighted by molar-refractivity contribution is 6.03. The number of halogens is 2. The van der Waals surface area contributed by atoms with Crippen LogP contribution in [-0.2, 0) is 9.59 Å². The Morgan fingerprint density at radius 3 is 2.63 bits per heavy atom. The van der Waals surface area contributed by atoms with Crippen molar-refractivity contribution in [3.05, 3.63) is 72.7 Å². The van der Waals surface area contributed by atoms with Gasteiger partial charge in [0.15, 0.2) is 0 Å². The van der Waals surface area contributed by atoms with Crippen molar-refractivity contribution in [3.63, 3.8) is 0 Å². The number of aromatic nitrogens is 2. The molecule has 1 atom stereocenters.